The fraction of sp³-hybridized carbons (Fsp3) is 0.636. The van der Waals surface area contributed by atoms with Crippen molar-refractivity contribution in [3.63, 3.8) is 0 Å². The third-order valence-corrected chi connectivity index (χ3v) is 2.12. The molecule has 0 bridgehead atoms. The molecule has 0 saturated carbocycles. The number of hydrogen-bond acceptors (Lipinski definition) is 4. The Labute approximate surface area is 91.3 Å². The number of aryl methyl sites for hydroxylation is 1. The summed E-state index contributed by atoms with van der Waals surface area (Å²) in [5.74, 6) is 2.81. The maximum Gasteiger partial charge on any atom is 0.131 e. The molecule has 3 N–H and O–H groups in total. The van der Waals surface area contributed by atoms with Crippen molar-refractivity contribution in [2.75, 3.05) is 17.6 Å². The molecule has 0 atom stereocenters. The smallest absolute Gasteiger partial charge is 0.131 e. The van der Waals surface area contributed by atoms with Crippen LogP contribution in [0, 0.1) is 12.8 Å². The molecule has 15 heavy (non-hydrogen) atoms. The molecule has 1 rings (SSSR count). The highest BCUT2D eigenvalue weighted by Gasteiger charge is 1.98. The van der Waals surface area contributed by atoms with Crippen molar-refractivity contribution < 1.29 is 0 Å². The van der Waals surface area contributed by atoms with E-state index in [1.165, 1.54) is 6.42 Å². The average Bonchev–Trinajstić information content (AvgIpc) is 2.10. The van der Waals surface area contributed by atoms with E-state index in [9.17, 15) is 0 Å². The maximum atomic E-state index is 5.62. The second kappa shape index (κ2) is 5.53. The zero-order valence-electron chi connectivity index (χ0n) is 9.75. The normalized spacial score (nSPS) is 10.7. The highest BCUT2D eigenvalue weighted by Crippen LogP contribution is 2.09. The lowest BCUT2D eigenvalue weighted by Gasteiger charge is -2.08. The molecule has 0 aromatic carbocycles. The van der Waals surface area contributed by atoms with Crippen molar-refractivity contribution in [3.8, 4) is 0 Å². The Kier molecular flexibility index (Phi) is 4.34. The number of rotatable bonds is 5. The van der Waals surface area contributed by atoms with E-state index in [1.807, 2.05) is 6.92 Å². The number of hydrogen-bond donors (Lipinski definition) is 2. The lowest BCUT2D eigenvalue weighted by Crippen LogP contribution is -2.07. The van der Waals surface area contributed by atoms with Crippen LogP contribution < -0.4 is 11.1 Å². The Morgan fingerprint density at radius 3 is 2.73 bits per heavy atom. The SMILES string of the molecule is Cc1nc(N)cc(NCCCC(C)C)n1. The Hall–Kier alpha value is -1.32. The molecule has 4 heteroatoms. The number of nitrogens with zero attached hydrogens (tertiary/aromatic N) is 2. The van der Waals surface area contributed by atoms with Gasteiger partial charge in [-0.2, -0.15) is 0 Å². The summed E-state index contributed by atoms with van der Waals surface area (Å²) < 4.78 is 0. The minimum Gasteiger partial charge on any atom is -0.384 e. The summed E-state index contributed by atoms with van der Waals surface area (Å²) >= 11 is 0. The summed E-state index contributed by atoms with van der Waals surface area (Å²) in [4.78, 5) is 8.27. The van der Waals surface area contributed by atoms with Gasteiger partial charge in [0, 0.05) is 12.6 Å². The molecular weight excluding hydrogens is 188 g/mol. The highest BCUT2D eigenvalue weighted by atomic mass is 15.0. The quantitative estimate of drug-likeness (QED) is 0.728. The maximum absolute atomic E-state index is 5.62. The molecule has 0 fully saturated rings. The van der Waals surface area contributed by atoms with Gasteiger partial charge in [-0.3, -0.25) is 0 Å². The average molecular weight is 208 g/mol. The van der Waals surface area contributed by atoms with Crippen LogP contribution >= 0.6 is 0 Å². The van der Waals surface area contributed by atoms with Gasteiger partial charge in [0.15, 0.2) is 0 Å². The summed E-state index contributed by atoms with van der Waals surface area (Å²) in [5.41, 5.74) is 5.62. The van der Waals surface area contributed by atoms with Crippen LogP contribution in [0.1, 0.15) is 32.5 Å². The largest absolute Gasteiger partial charge is 0.384 e. The van der Waals surface area contributed by atoms with Crippen LogP contribution in [0.15, 0.2) is 6.07 Å². The van der Waals surface area contributed by atoms with E-state index >= 15 is 0 Å². The van der Waals surface area contributed by atoms with E-state index < -0.39 is 0 Å². The third-order valence-electron chi connectivity index (χ3n) is 2.12. The standard InChI is InChI=1S/C11H20N4/c1-8(2)5-4-6-13-11-7-10(12)14-9(3)15-11/h7-8H,4-6H2,1-3H3,(H3,12,13,14,15). The zero-order valence-corrected chi connectivity index (χ0v) is 9.75. The van der Waals surface area contributed by atoms with Gasteiger partial charge in [0.25, 0.3) is 0 Å². The Morgan fingerprint density at radius 2 is 2.13 bits per heavy atom. The summed E-state index contributed by atoms with van der Waals surface area (Å²) in [6, 6.07) is 1.77. The molecule has 0 aliphatic carbocycles. The predicted octanol–water partition coefficient (Wildman–Crippen LogP) is 2.22. The lowest BCUT2D eigenvalue weighted by atomic mass is 10.1. The molecule has 0 unspecified atom stereocenters. The van der Waals surface area contributed by atoms with E-state index in [0.29, 0.717) is 11.6 Å². The van der Waals surface area contributed by atoms with Crippen LogP contribution in [0.2, 0.25) is 0 Å². The van der Waals surface area contributed by atoms with Crippen LogP contribution in [-0.4, -0.2) is 16.5 Å². The number of nitrogen functional groups attached to an aromatic ring is 1. The van der Waals surface area contributed by atoms with E-state index in [2.05, 4.69) is 29.1 Å². The first-order chi connectivity index (χ1) is 7.08. The van der Waals surface area contributed by atoms with Crippen molar-refractivity contribution in [1.82, 2.24) is 9.97 Å². The van der Waals surface area contributed by atoms with Gasteiger partial charge in [0.05, 0.1) is 0 Å². The van der Waals surface area contributed by atoms with Crippen molar-refractivity contribution in [1.29, 1.82) is 0 Å². The van der Waals surface area contributed by atoms with Gasteiger partial charge in [-0.1, -0.05) is 13.8 Å². The fourth-order valence-corrected chi connectivity index (χ4v) is 1.41. The van der Waals surface area contributed by atoms with Gasteiger partial charge >= 0.3 is 0 Å². The van der Waals surface area contributed by atoms with Crippen LogP contribution in [0.4, 0.5) is 11.6 Å². The molecule has 0 aliphatic rings. The van der Waals surface area contributed by atoms with E-state index in [0.717, 1.165) is 24.7 Å². The first-order valence-corrected chi connectivity index (χ1v) is 5.43. The molecule has 0 spiro atoms. The van der Waals surface area contributed by atoms with Gasteiger partial charge in [0.2, 0.25) is 0 Å². The van der Waals surface area contributed by atoms with E-state index in [-0.39, 0.29) is 0 Å². The van der Waals surface area contributed by atoms with Gasteiger partial charge in [0.1, 0.15) is 17.5 Å². The van der Waals surface area contributed by atoms with Gasteiger partial charge in [-0.15, -0.1) is 0 Å². The molecule has 1 heterocycles. The van der Waals surface area contributed by atoms with Gasteiger partial charge < -0.3 is 11.1 Å². The molecule has 0 amide bonds. The van der Waals surface area contributed by atoms with Crippen molar-refractivity contribution in [2.24, 2.45) is 5.92 Å². The monoisotopic (exact) mass is 208 g/mol. The van der Waals surface area contributed by atoms with Crippen molar-refractivity contribution >= 4 is 11.6 Å². The van der Waals surface area contributed by atoms with Crippen molar-refractivity contribution in [2.45, 2.75) is 33.6 Å². The summed E-state index contributed by atoms with van der Waals surface area (Å²) in [7, 11) is 0. The molecule has 0 saturated heterocycles. The first-order valence-electron chi connectivity index (χ1n) is 5.43. The van der Waals surface area contributed by atoms with Gasteiger partial charge in [-0.25, -0.2) is 9.97 Å². The number of aromatic nitrogens is 2. The molecule has 1 aromatic rings. The van der Waals surface area contributed by atoms with E-state index in [4.69, 9.17) is 5.73 Å². The van der Waals surface area contributed by atoms with Crippen LogP contribution in [0.5, 0.6) is 0 Å². The number of nitrogens with one attached hydrogen (secondary N) is 1. The summed E-state index contributed by atoms with van der Waals surface area (Å²) in [6.45, 7) is 7.24. The molecule has 1 aromatic heterocycles. The third kappa shape index (κ3) is 4.63. The van der Waals surface area contributed by atoms with Crippen LogP contribution in [-0.2, 0) is 0 Å². The lowest BCUT2D eigenvalue weighted by molar-refractivity contribution is 0.566. The van der Waals surface area contributed by atoms with Crippen LogP contribution in [0.3, 0.4) is 0 Å². The van der Waals surface area contributed by atoms with Crippen LogP contribution in [0.25, 0.3) is 0 Å². The molecule has 0 radical (unpaired) electrons. The molecule has 84 valence electrons. The van der Waals surface area contributed by atoms with E-state index in [1.54, 1.807) is 6.07 Å². The summed E-state index contributed by atoms with van der Waals surface area (Å²) in [6.07, 6.45) is 2.38. The first kappa shape index (κ1) is 11.8. The minimum absolute atomic E-state index is 0.522. The van der Waals surface area contributed by atoms with Gasteiger partial charge in [-0.05, 0) is 25.7 Å². The van der Waals surface area contributed by atoms with Crippen molar-refractivity contribution in [3.05, 3.63) is 11.9 Å². The topological polar surface area (TPSA) is 63.8 Å². The second-order valence-electron chi connectivity index (χ2n) is 4.19. The molecular formula is C11H20N4. The Balaban J connectivity index is 2.37. The second-order valence-corrected chi connectivity index (χ2v) is 4.19. The zero-order chi connectivity index (χ0) is 11.3. The Bertz CT molecular complexity index is 289. The minimum atomic E-state index is 0.522. The predicted molar refractivity (Wildman–Crippen MR) is 63.7 cm³/mol. The molecule has 4 nitrogen and oxygen atoms in total. The Morgan fingerprint density at radius 1 is 1.40 bits per heavy atom. The summed E-state index contributed by atoms with van der Waals surface area (Å²) in [5, 5.41) is 3.25. The number of nitrogens with two attached hydrogens (primary N) is 1. The highest BCUT2D eigenvalue weighted by molar-refractivity contribution is 5.44. The fourth-order valence-electron chi connectivity index (χ4n) is 1.41. The number of anilines is 2. The molecule has 0 aliphatic heterocycles.